The lowest BCUT2D eigenvalue weighted by molar-refractivity contribution is -0.134. The summed E-state index contributed by atoms with van der Waals surface area (Å²) < 4.78 is 16.9. The lowest BCUT2D eigenvalue weighted by atomic mass is 9.98. The molecule has 6 rings (SSSR count). The first-order valence-electron chi connectivity index (χ1n) is 14.6. The van der Waals surface area contributed by atoms with Gasteiger partial charge in [0.25, 0.3) is 0 Å². The van der Waals surface area contributed by atoms with E-state index in [0.717, 1.165) is 35.1 Å². The summed E-state index contributed by atoms with van der Waals surface area (Å²) in [7, 11) is 0. The number of hydrogen-bond acceptors (Lipinski definition) is 7. The molecule has 0 unspecified atom stereocenters. The number of esters is 1. The second-order valence-electron chi connectivity index (χ2n) is 10.8. The van der Waals surface area contributed by atoms with Gasteiger partial charge in [-0.15, -0.1) is 0 Å². The van der Waals surface area contributed by atoms with Crippen LogP contribution in [0.2, 0.25) is 0 Å². The molecule has 3 aromatic rings. The Balaban J connectivity index is 1.18. The summed E-state index contributed by atoms with van der Waals surface area (Å²) in [6.45, 7) is 4.68. The number of nitrogens with zero attached hydrogens (tertiary/aromatic N) is 2. The first-order chi connectivity index (χ1) is 20.5. The normalized spacial score (nSPS) is 17.5. The quantitative estimate of drug-likeness (QED) is 0.309. The molecule has 2 heterocycles. The lowest BCUT2D eigenvalue weighted by Gasteiger charge is -2.40. The van der Waals surface area contributed by atoms with Crippen molar-refractivity contribution in [3.63, 3.8) is 0 Å². The maximum absolute atomic E-state index is 13.3. The highest BCUT2D eigenvalue weighted by molar-refractivity contribution is 6.00. The van der Waals surface area contributed by atoms with E-state index in [4.69, 9.17) is 14.2 Å². The van der Waals surface area contributed by atoms with Crippen molar-refractivity contribution in [2.45, 2.75) is 38.1 Å². The Bertz CT molecular complexity index is 1440. The molecule has 0 bridgehead atoms. The molecular weight excluding hydrogens is 534 g/mol. The maximum Gasteiger partial charge on any atom is 0.411 e. The molecule has 2 aliphatic heterocycles. The van der Waals surface area contributed by atoms with Crippen molar-refractivity contribution in [2.24, 2.45) is 0 Å². The number of hydrogen-bond donors (Lipinski definition) is 1. The van der Waals surface area contributed by atoms with Crippen LogP contribution in [0.1, 0.15) is 43.2 Å². The van der Waals surface area contributed by atoms with Gasteiger partial charge in [-0.2, -0.15) is 0 Å². The molecule has 3 aromatic carbocycles. The summed E-state index contributed by atoms with van der Waals surface area (Å²) in [5, 5.41) is 2.77. The van der Waals surface area contributed by atoms with Crippen LogP contribution in [0, 0.1) is 0 Å². The van der Waals surface area contributed by atoms with Crippen molar-refractivity contribution in [2.75, 3.05) is 49.7 Å². The molecular formula is C33H35N3O6. The Hall–Kier alpha value is -4.21. The number of para-hydroxylation sites is 1. The molecule has 2 fully saturated rings. The number of amides is 2. The number of nitrogens with one attached hydrogen (secondary N) is 1. The highest BCUT2D eigenvalue weighted by atomic mass is 16.6. The van der Waals surface area contributed by atoms with E-state index in [1.165, 1.54) is 0 Å². The van der Waals surface area contributed by atoms with Crippen molar-refractivity contribution in [3.8, 4) is 16.9 Å². The number of anilines is 2. The average molecular weight is 570 g/mol. The number of fused-ring (bicyclic) bond motifs is 3. The number of ether oxygens (including phenoxy) is 3. The minimum Gasteiger partial charge on any atom is -0.448 e. The van der Waals surface area contributed by atoms with Crippen LogP contribution in [0.4, 0.5) is 16.2 Å². The van der Waals surface area contributed by atoms with E-state index in [1.807, 2.05) is 24.3 Å². The fraction of sp³-hybridized carbons (Fsp3) is 0.364. The smallest absolute Gasteiger partial charge is 0.411 e. The maximum atomic E-state index is 13.3. The minimum atomic E-state index is -0.668. The monoisotopic (exact) mass is 569 g/mol. The molecule has 1 aliphatic carbocycles. The molecule has 0 radical (unpaired) electrons. The van der Waals surface area contributed by atoms with Crippen molar-refractivity contribution in [3.05, 3.63) is 77.9 Å². The number of benzene rings is 3. The van der Waals surface area contributed by atoms with E-state index in [-0.39, 0.29) is 42.8 Å². The zero-order valence-electron chi connectivity index (χ0n) is 23.7. The highest BCUT2D eigenvalue weighted by Crippen LogP contribution is 2.44. The Kier molecular flexibility index (Phi) is 8.21. The lowest BCUT2D eigenvalue weighted by Crippen LogP contribution is -2.54. The summed E-state index contributed by atoms with van der Waals surface area (Å²) in [5.74, 6) is -0.492. The second-order valence-corrected chi connectivity index (χ2v) is 10.8. The number of carbonyl (C=O) groups excluding carboxylic acids is 3. The van der Waals surface area contributed by atoms with Gasteiger partial charge in [0.05, 0.1) is 17.9 Å². The van der Waals surface area contributed by atoms with Gasteiger partial charge in [-0.25, -0.2) is 4.79 Å². The van der Waals surface area contributed by atoms with Gasteiger partial charge >= 0.3 is 12.1 Å². The van der Waals surface area contributed by atoms with Crippen molar-refractivity contribution >= 4 is 29.3 Å². The molecule has 218 valence electrons. The number of piperazine rings is 1. The van der Waals surface area contributed by atoms with Crippen molar-refractivity contribution in [1.29, 1.82) is 0 Å². The fourth-order valence-corrected chi connectivity index (χ4v) is 6.18. The zero-order chi connectivity index (χ0) is 29.1. The Morgan fingerprint density at radius 3 is 2.29 bits per heavy atom. The Morgan fingerprint density at radius 2 is 1.62 bits per heavy atom. The Labute approximate surface area is 245 Å². The van der Waals surface area contributed by atoms with Crippen LogP contribution in [0.5, 0.6) is 5.75 Å². The van der Waals surface area contributed by atoms with Crippen LogP contribution >= 0.6 is 0 Å². The van der Waals surface area contributed by atoms with E-state index >= 15 is 0 Å². The van der Waals surface area contributed by atoms with E-state index in [2.05, 4.69) is 34.5 Å². The third kappa shape index (κ3) is 5.62. The van der Waals surface area contributed by atoms with Gasteiger partial charge in [0.2, 0.25) is 5.91 Å². The summed E-state index contributed by atoms with van der Waals surface area (Å²) in [6, 6.07) is 21.7. The highest BCUT2D eigenvalue weighted by Gasteiger charge is 2.33. The van der Waals surface area contributed by atoms with Gasteiger partial charge in [-0.1, -0.05) is 61.5 Å². The van der Waals surface area contributed by atoms with Gasteiger partial charge in [0, 0.05) is 44.7 Å². The van der Waals surface area contributed by atoms with Crippen LogP contribution in [0.25, 0.3) is 11.1 Å². The van der Waals surface area contributed by atoms with E-state index in [0.29, 0.717) is 38.0 Å². The first-order valence-corrected chi connectivity index (χ1v) is 14.6. The van der Waals surface area contributed by atoms with Gasteiger partial charge in [-0.3, -0.25) is 19.8 Å². The average Bonchev–Trinajstić information content (AvgIpc) is 3.35. The van der Waals surface area contributed by atoms with Crippen LogP contribution in [-0.2, 0) is 19.1 Å². The molecule has 0 atom stereocenters. The molecule has 3 aliphatic rings. The largest absolute Gasteiger partial charge is 0.448 e. The minimum absolute atomic E-state index is 0.0835. The topological polar surface area (TPSA) is 97.4 Å². The zero-order valence-corrected chi connectivity index (χ0v) is 23.7. The fourth-order valence-electron chi connectivity index (χ4n) is 6.18. The van der Waals surface area contributed by atoms with E-state index < -0.39 is 12.1 Å². The van der Waals surface area contributed by atoms with Crippen LogP contribution in [-0.4, -0.2) is 68.4 Å². The molecule has 9 heteroatoms. The predicted molar refractivity (Wildman–Crippen MR) is 159 cm³/mol. The first kappa shape index (κ1) is 27.9. The summed E-state index contributed by atoms with van der Waals surface area (Å²) in [4.78, 5) is 42.7. The van der Waals surface area contributed by atoms with Crippen LogP contribution in [0.15, 0.2) is 66.7 Å². The number of rotatable bonds is 7. The SMILES string of the molecule is CCC(=O)Oc1c(NC(=O)OCC2c3ccccc3-c3ccccc32)cccc1N1CCN(C2CCOCC2)CC1=O. The van der Waals surface area contributed by atoms with Gasteiger partial charge < -0.3 is 19.1 Å². The molecule has 1 N–H and O–H groups in total. The van der Waals surface area contributed by atoms with Gasteiger partial charge in [0.15, 0.2) is 5.75 Å². The van der Waals surface area contributed by atoms with Crippen LogP contribution < -0.4 is 15.0 Å². The summed E-state index contributed by atoms with van der Waals surface area (Å²) in [6.07, 6.45) is 1.29. The van der Waals surface area contributed by atoms with Gasteiger partial charge in [-0.05, 0) is 47.2 Å². The molecule has 0 spiro atoms. The Morgan fingerprint density at radius 1 is 0.929 bits per heavy atom. The molecule has 0 aromatic heterocycles. The standard InChI is InChI=1S/C33H35N3O6/c1-2-31(38)42-32-28(12-7-13-29(32)36-17-16-35(20-30(36)37)22-14-18-40-19-15-22)34-33(39)41-21-27-25-10-5-3-8-23(25)24-9-4-6-11-26(24)27/h3-13,22,27H,2,14-21H2,1H3,(H,34,39). The van der Waals surface area contributed by atoms with E-state index in [1.54, 1.807) is 30.0 Å². The molecule has 9 nitrogen and oxygen atoms in total. The van der Waals surface area contributed by atoms with Gasteiger partial charge in [0.1, 0.15) is 6.61 Å². The van der Waals surface area contributed by atoms with Crippen molar-refractivity contribution in [1.82, 2.24) is 4.90 Å². The molecule has 42 heavy (non-hydrogen) atoms. The third-order valence-electron chi connectivity index (χ3n) is 8.33. The van der Waals surface area contributed by atoms with Crippen LogP contribution in [0.3, 0.4) is 0 Å². The molecule has 0 saturated carbocycles. The predicted octanol–water partition coefficient (Wildman–Crippen LogP) is 5.19. The van der Waals surface area contributed by atoms with Crippen molar-refractivity contribution < 1.29 is 28.6 Å². The van der Waals surface area contributed by atoms with E-state index in [9.17, 15) is 14.4 Å². The summed E-state index contributed by atoms with van der Waals surface area (Å²) >= 11 is 0. The molecule has 2 saturated heterocycles. The third-order valence-corrected chi connectivity index (χ3v) is 8.33. The summed E-state index contributed by atoms with van der Waals surface area (Å²) in [5.41, 5.74) is 5.24. The molecule has 2 amide bonds. The number of carbonyl (C=O) groups is 3. The second kappa shape index (κ2) is 12.3.